The van der Waals surface area contributed by atoms with Gasteiger partial charge in [0.15, 0.2) is 6.54 Å². The highest BCUT2D eigenvalue weighted by atomic mass is 16.1. The van der Waals surface area contributed by atoms with Crippen molar-refractivity contribution in [3.8, 4) is 0 Å². The number of nitrogens with one attached hydrogen (secondary N) is 1. The lowest BCUT2D eigenvalue weighted by Crippen LogP contribution is -2.10. The summed E-state index contributed by atoms with van der Waals surface area (Å²) in [6, 6.07) is 15.5. The number of benzene rings is 2. The molecule has 1 amide bonds. The Hall–Kier alpha value is -2.88. The number of fused-ring (bicyclic) bond motifs is 1. The second-order valence-corrected chi connectivity index (χ2v) is 5.29. The molecule has 0 radical (unpaired) electrons. The third-order valence-electron chi connectivity index (χ3n) is 3.82. The molecule has 3 aromatic rings. The van der Waals surface area contributed by atoms with Gasteiger partial charge < -0.3 is 10.7 Å². The van der Waals surface area contributed by atoms with Crippen molar-refractivity contribution in [3.63, 3.8) is 0 Å². The van der Waals surface area contributed by atoms with E-state index in [1.54, 1.807) is 6.07 Å². The Morgan fingerprint density at radius 2 is 1.95 bits per heavy atom. The fourth-order valence-electron chi connectivity index (χ4n) is 2.56. The summed E-state index contributed by atoms with van der Waals surface area (Å²) < 4.78 is 1.97. The minimum atomic E-state index is -0.405. The zero-order valence-corrected chi connectivity index (χ0v) is 12.3. The van der Waals surface area contributed by atoms with Crippen molar-refractivity contribution in [2.24, 2.45) is 5.73 Å². The molecule has 0 atom stereocenters. The summed E-state index contributed by atoms with van der Waals surface area (Å²) in [6.45, 7) is 4.87. The largest absolute Gasteiger partial charge is 0.366 e. The average molecular weight is 292 g/mol. The number of carbonyl (C=O) groups excluding carboxylic acids is 1. The summed E-state index contributed by atoms with van der Waals surface area (Å²) in [5, 5.41) is 1.04. The lowest BCUT2D eigenvalue weighted by Gasteiger charge is -2.02. The highest BCUT2D eigenvalue weighted by molar-refractivity contribution is 5.97. The molecule has 3 rings (SSSR count). The minimum absolute atomic E-state index is 0.405. The SMILES string of the molecule is C=[N+](CCc1c[nH]c2ccc(C(N)=O)cc12)c1ccccc1. The zero-order valence-electron chi connectivity index (χ0n) is 12.3. The molecule has 0 aliphatic rings. The summed E-state index contributed by atoms with van der Waals surface area (Å²) in [5.74, 6) is -0.405. The second-order valence-electron chi connectivity index (χ2n) is 5.29. The van der Waals surface area contributed by atoms with Gasteiger partial charge in [-0.15, -0.1) is 0 Å². The first-order valence-corrected chi connectivity index (χ1v) is 7.18. The predicted octanol–water partition coefficient (Wildman–Crippen LogP) is 2.85. The van der Waals surface area contributed by atoms with E-state index >= 15 is 0 Å². The number of nitrogens with zero attached hydrogens (tertiary/aromatic N) is 1. The highest BCUT2D eigenvalue weighted by Crippen LogP contribution is 2.21. The van der Waals surface area contributed by atoms with E-state index in [9.17, 15) is 4.79 Å². The average Bonchev–Trinajstić information content (AvgIpc) is 2.95. The predicted molar refractivity (Wildman–Crippen MR) is 88.9 cm³/mol. The van der Waals surface area contributed by atoms with Gasteiger partial charge in [0, 0.05) is 41.2 Å². The molecule has 0 unspecified atom stereocenters. The van der Waals surface area contributed by atoms with Gasteiger partial charge in [-0.3, -0.25) is 4.79 Å². The van der Waals surface area contributed by atoms with E-state index in [1.165, 1.54) is 0 Å². The number of para-hydroxylation sites is 1. The van der Waals surface area contributed by atoms with E-state index in [0.29, 0.717) is 5.56 Å². The molecular weight excluding hydrogens is 274 g/mol. The van der Waals surface area contributed by atoms with E-state index in [1.807, 2.05) is 53.2 Å². The third kappa shape index (κ3) is 2.76. The molecule has 0 aliphatic carbocycles. The van der Waals surface area contributed by atoms with Crippen molar-refractivity contribution >= 4 is 29.2 Å². The molecule has 4 heteroatoms. The molecule has 110 valence electrons. The first-order chi connectivity index (χ1) is 10.6. The number of hydrogen-bond acceptors (Lipinski definition) is 1. The van der Waals surface area contributed by atoms with E-state index in [-0.39, 0.29) is 0 Å². The maximum atomic E-state index is 11.3. The quantitative estimate of drug-likeness (QED) is 0.551. The van der Waals surface area contributed by atoms with Gasteiger partial charge in [0.1, 0.15) is 6.72 Å². The van der Waals surface area contributed by atoms with Crippen LogP contribution in [0.3, 0.4) is 0 Å². The molecule has 1 aromatic heterocycles. The standard InChI is InChI=1S/C18H17N3O/c1-21(15-5-3-2-4-6-15)10-9-14-12-20-17-8-7-13(18(19)22)11-16(14)17/h2-8,11-12H,1,9-10H2,(H2-,19,20,22)/p+1. The molecular formula is C18H18N3O+. The van der Waals surface area contributed by atoms with Gasteiger partial charge >= 0.3 is 0 Å². The van der Waals surface area contributed by atoms with Crippen LogP contribution in [0.2, 0.25) is 0 Å². The number of primary amides is 1. The molecule has 2 aromatic carbocycles. The maximum Gasteiger partial charge on any atom is 0.248 e. The number of hydrogen-bond donors (Lipinski definition) is 2. The summed E-state index contributed by atoms with van der Waals surface area (Å²) in [6.07, 6.45) is 2.81. The Balaban J connectivity index is 1.81. The number of nitrogens with two attached hydrogens (primary N) is 1. The van der Waals surface area contributed by atoms with Crippen LogP contribution in [-0.2, 0) is 6.42 Å². The molecule has 4 nitrogen and oxygen atoms in total. The number of aromatic nitrogens is 1. The number of aromatic amines is 1. The van der Waals surface area contributed by atoms with Gasteiger partial charge in [0.2, 0.25) is 11.6 Å². The molecule has 0 aliphatic heterocycles. The first-order valence-electron chi connectivity index (χ1n) is 7.18. The lowest BCUT2D eigenvalue weighted by molar-refractivity contribution is -0.430. The molecule has 0 fully saturated rings. The number of rotatable bonds is 5. The lowest BCUT2D eigenvalue weighted by atomic mass is 10.1. The summed E-state index contributed by atoms with van der Waals surface area (Å²) in [7, 11) is 0. The van der Waals surface area contributed by atoms with Crippen LogP contribution in [0, 0.1) is 0 Å². The van der Waals surface area contributed by atoms with Crippen molar-refractivity contribution in [2.75, 3.05) is 6.54 Å². The fourth-order valence-corrected chi connectivity index (χ4v) is 2.56. The van der Waals surface area contributed by atoms with E-state index < -0.39 is 5.91 Å². The normalized spacial score (nSPS) is 10.7. The Morgan fingerprint density at radius 1 is 1.18 bits per heavy atom. The molecule has 0 spiro atoms. The zero-order chi connectivity index (χ0) is 15.5. The van der Waals surface area contributed by atoms with Crippen LogP contribution in [0.25, 0.3) is 10.9 Å². The molecule has 0 saturated heterocycles. The van der Waals surface area contributed by atoms with Gasteiger partial charge in [0.05, 0.1) is 0 Å². The van der Waals surface area contributed by atoms with Crippen LogP contribution in [0.4, 0.5) is 5.69 Å². The topological polar surface area (TPSA) is 61.9 Å². The molecule has 3 N–H and O–H groups in total. The van der Waals surface area contributed by atoms with Crippen LogP contribution < -0.4 is 5.73 Å². The summed E-state index contributed by atoms with van der Waals surface area (Å²) in [5.41, 5.74) is 9.13. The summed E-state index contributed by atoms with van der Waals surface area (Å²) in [4.78, 5) is 14.5. The third-order valence-corrected chi connectivity index (χ3v) is 3.82. The van der Waals surface area contributed by atoms with Crippen LogP contribution in [-0.4, -0.2) is 28.7 Å². The fraction of sp³-hybridized carbons (Fsp3) is 0.111. The van der Waals surface area contributed by atoms with Crippen LogP contribution in [0.5, 0.6) is 0 Å². The highest BCUT2D eigenvalue weighted by Gasteiger charge is 2.10. The van der Waals surface area contributed by atoms with Crippen molar-refractivity contribution in [2.45, 2.75) is 6.42 Å². The van der Waals surface area contributed by atoms with Gasteiger partial charge in [-0.1, -0.05) is 18.2 Å². The van der Waals surface area contributed by atoms with Crippen molar-refractivity contribution in [3.05, 3.63) is 65.9 Å². The summed E-state index contributed by atoms with van der Waals surface area (Å²) >= 11 is 0. The molecule has 22 heavy (non-hydrogen) atoms. The van der Waals surface area contributed by atoms with Crippen molar-refractivity contribution in [1.82, 2.24) is 4.98 Å². The van der Waals surface area contributed by atoms with Gasteiger partial charge in [-0.05, 0) is 23.8 Å². The molecule has 1 heterocycles. The minimum Gasteiger partial charge on any atom is -0.366 e. The molecule has 0 saturated carbocycles. The molecule has 0 bridgehead atoms. The van der Waals surface area contributed by atoms with Gasteiger partial charge in [-0.2, -0.15) is 0 Å². The van der Waals surface area contributed by atoms with Crippen LogP contribution >= 0.6 is 0 Å². The maximum absolute atomic E-state index is 11.3. The van der Waals surface area contributed by atoms with Crippen molar-refractivity contribution in [1.29, 1.82) is 0 Å². The van der Waals surface area contributed by atoms with Crippen LogP contribution in [0.15, 0.2) is 54.7 Å². The Bertz CT molecular complexity index is 834. The van der Waals surface area contributed by atoms with Crippen molar-refractivity contribution < 1.29 is 9.37 Å². The number of H-pyrrole nitrogens is 1. The smallest absolute Gasteiger partial charge is 0.248 e. The van der Waals surface area contributed by atoms with Gasteiger partial charge in [0.25, 0.3) is 0 Å². The number of amides is 1. The number of carbonyl (C=O) groups is 1. The van der Waals surface area contributed by atoms with Crippen LogP contribution in [0.1, 0.15) is 15.9 Å². The van der Waals surface area contributed by atoms with E-state index in [4.69, 9.17) is 5.73 Å². The van der Waals surface area contributed by atoms with E-state index in [0.717, 1.165) is 35.1 Å². The Kier molecular flexibility index (Phi) is 3.74. The second kappa shape index (κ2) is 5.85. The first kappa shape index (κ1) is 14.1. The monoisotopic (exact) mass is 292 g/mol. The van der Waals surface area contributed by atoms with Gasteiger partial charge in [-0.25, -0.2) is 4.58 Å². The Labute approximate surface area is 128 Å². The Morgan fingerprint density at radius 3 is 2.68 bits per heavy atom. The van der Waals surface area contributed by atoms with E-state index in [2.05, 4.69) is 11.7 Å².